The van der Waals surface area contributed by atoms with Crippen LogP contribution in [0.15, 0.2) is 72.5 Å². The highest BCUT2D eigenvalue weighted by Gasteiger charge is 2.11. The van der Waals surface area contributed by atoms with Crippen molar-refractivity contribution in [3.63, 3.8) is 0 Å². The first-order chi connectivity index (χ1) is 14.2. The van der Waals surface area contributed by atoms with Crippen LogP contribution < -0.4 is 0 Å². The third-order valence-electron chi connectivity index (χ3n) is 4.58. The number of rotatable bonds is 17. The molecule has 162 valence electrons. The van der Waals surface area contributed by atoms with E-state index in [0.29, 0.717) is 18.8 Å². The van der Waals surface area contributed by atoms with Gasteiger partial charge in [-0.3, -0.25) is 0 Å². The van der Waals surface area contributed by atoms with Crippen molar-refractivity contribution < 1.29 is 9.90 Å². The molecule has 0 saturated carbocycles. The SMILES string of the molecule is CCCCCCCCCC=CC=CC=CC=CC=CC=C(C(=O)O)N(CC)CC. The molecule has 0 aliphatic heterocycles. The second-order valence-corrected chi connectivity index (χ2v) is 6.91. The summed E-state index contributed by atoms with van der Waals surface area (Å²) in [7, 11) is 0. The van der Waals surface area contributed by atoms with Crippen LogP contribution in [0, 0.1) is 0 Å². The van der Waals surface area contributed by atoms with E-state index >= 15 is 0 Å². The zero-order valence-electron chi connectivity index (χ0n) is 18.7. The van der Waals surface area contributed by atoms with Gasteiger partial charge in [0.15, 0.2) is 0 Å². The molecule has 1 N–H and O–H groups in total. The molecule has 0 aromatic heterocycles. The first-order valence-electron chi connectivity index (χ1n) is 11.2. The maximum Gasteiger partial charge on any atom is 0.352 e. The zero-order chi connectivity index (χ0) is 21.6. The van der Waals surface area contributed by atoms with Crippen molar-refractivity contribution in [1.82, 2.24) is 4.90 Å². The van der Waals surface area contributed by atoms with Crippen LogP contribution in [-0.4, -0.2) is 29.1 Å². The molecule has 0 unspecified atom stereocenters. The summed E-state index contributed by atoms with van der Waals surface area (Å²) < 4.78 is 0. The molecule has 0 bridgehead atoms. The Bertz CT molecular complexity index is 576. The average molecular weight is 400 g/mol. The van der Waals surface area contributed by atoms with Gasteiger partial charge in [-0.1, -0.05) is 106 Å². The molecule has 0 aliphatic rings. The fourth-order valence-corrected chi connectivity index (χ4v) is 2.87. The number of allylic oxidation sites excluding steroid dienone is 11. The van der Waals surface area contributed by atoms with Crippen LogP contribution in [0.1, 0.15) is 72.1 Å². The standard InChI is InChI=1S/C26H41NO2/c1-4-7-8-9-10-11-12-13-14-15-16-17-18-19-20-21-22-23-24-25(26(28)29)27(5-2)6-3/h14-24H,4-13H2,1-3H3,(H,28,29). The predicted octanol–water partition coefficient (Wildman–Crippen LogP) is 7.22. The van der Waals surface area contributed by atoms with Crippen molar-refractivity contribution in [2.45, 2.75) is 72.1 Å². The predicted molar refractivity (Wildman–Crippen MR) is 127 cm³/mol. The molecule has 0 aromatic carbocycles. The van der Waals surface area contributed by atoms with Gasteiger partial charge in [0.1, 0.15) is 5.70 Å². The van der Waals surface area contributed by atoms with Crippen molar-refractivity contribution in [2.75, 3.05) is 13.1 Å². The van der Waals surface area contributed by atoms with Gasteiger partial charge in [-0.05, 0) is 32.8 Å². The molecular weight excluding hydrogens is 358 g/mol. The van der Waals surface area contributed by atoms with Crippen molar-refractivity contribution >= 4 is 5.97 Å². The summed E-state index contributed by atoms with van der Waals surface area (Å²) >= 11 is 0. The summed E-state index contributed by atoms with van der Waals surface area (Å²) in [6.07, 6.45) is 32.0. The van der Waals surface area contributed by atoms with Crippen LogP contribution in [0.3, 0.4) is 0 Å². The molecule has 0 amide bonds. The fraction of sp³-hybridized carbons (Fsp3) is 0.500. The van der Waals surface area contributed by atoms with Crippen molar-refractivity contribution in [1.29, 1.82) is 0 Å². The maximum atomic E-state index is 11.3. The number of hydrogen-bond acceptors (Lipinski definition) is 2. The molecule has 0 aliphatic carbocycles. The molecule has 3 nitrogen and oxygen atoms in total. The normalized spacial score (nSPS) is 13.1. The Morgan fingerprint density at radius 1 is 0.690 bits per heavy atom. The quantitative estimate of drug-likeness (QED) is 0.159. The second-order valence-electron chi connectivity index (χ2n) is 6.91. The first kappa shape index (κ1) is 26.7. The number of carboxylic acids is 1. The summed E-state index contributed by atoms with van der Waals surface area (Å²) in [6.45, 7) is 7.52. The molecule has 0 fully saturated rings. The van der Waals surface area contributed by atoms with E-state index < -0.39 is 5.97 Å². The Morgan fingerprint density at radius 2 is 1.17 bits per heavy atom. The third-order valence-corrected chi connectivity index (χ3v) is 4.58. The summed E-state index contributed by atoms with van der Waals surface area (Å²) in [6, 6.07) is 0. The smallest absolute Gasteiger partial charge is 0.352 e. The van der Waals surface area contributed by atoms with Crippen LogP contribution >= 0.6 is 0 Å². The average Bonchev–Trinajstić information content (AvgIpc) is 2.72. The van der Waals surface area contributed by atoms with Crippen LogP contribution in [0.2, 0.25) is 0 Å². The van der Waals surface area contributed by atoms with E-state index in [0.717, 1.165) is 6.42 Å². The van der Waals surface area contributed by atoms with Gasteiger partial charge in [-0.15, -0.1) is 0 Å². The number of nitrogens with zero attached hydrogens (tertiary/aromatic N) is 1. The lowest BCUT2D eigenvalue weighted by molar-refractivity contribution is -0.134. The summed E-state index contributed by atoms with van der Waals surface area (Å²) in [5.41, 5.74) is 0.321. The van der Waals surface area contributed by atoms with E-state index in [-0.39, 0.29) is 0 Å². The van der Waals surface area contributed by atoms with Crippen molar-refractivity contribution in [3.8, 4) is 0 Å². The van der Waals surface area contributed by atoms with E-state index in [1.165, 1.54) is 44.9 Å². The minimum absolute atomic E-state index is 0.321. The Balaban J connectivity index is 4.02. The summed E-state index contributed by atoms with van der Waals surface area (Å²) in [4.78, 5) is 13.1. The highest BCUT2D eigenvalue weighted by atomic mass is 16.4. The van der Waals surface area contributed by atoms with Crippen LogP contribution in [0.25, 0.3) is 0 Å². The highest BCUT2D eigenvalue weighted by Crippen LogP contribution is 2.08. The fourth-order valence-electron chi connectivity index (χ4n) is 2.87. The van der Waals surface area contributed by atoms with E-state index in [4.69, 9.17) is 0 Å². The molecule has 0 radical (unpaired) electrons. The molecule has 3 heteroatoms. The lowest BCUT2D eigenvalue weighted by Gasteiger charge is -2.20. The highest BCUT2D eigenvalue weighted by molar-refractivity contribution is 5.86. The number of aliphatic carboxylic acids is 1. The first-order valence-corrected chi connectivity index (χ1v) is 11.2. The van der Waals surface area contributed by atoms with Crippen molar-refractivity contribution in [3.05, 3.63) is 72.5 Å². The molecule has 0 saturated heterocycles. The number of carbonyl (C=O) groups is 1. The van der Waals surface area contributed by atoms with Crippen LogP contribution in [-0.2, 0) is 4.79 Å². The molecule has 0 aromatic rings. The zero-order valence-corrected chi connectivity index (χ0v) is 18.7. The topological polar surface area (TPSA) is 40.5 Å². The Hall–Kier alpha value is -2.29. The number of likely N-dealkylation sites (N-methyl/N-ethyl adjacent to an activating group) is 1. The minimum atomic E-state index is -0.896. The minimum Gasteiger partial charge on any atom is -0.477 e. The number of hydrogen-bond donors (Lipinski definition) is 1. The summed E-state index contributed by atoms with van der Waals surface area (Å²) in [5, 5.41) is 9.26. The van der Waals surface area contributed by atoms with E-state index in [1.54, 1.807) is 12.2 Å². The Kier molecular flexibility index (Phi) is 18.8. The Labute approximate surface area is 178 Å². The van der Waals surface area contributed by atoms with Gasteiger partial charge in [0.25, 0.3) is 0 Å². The molecule has 0 atom stereocenters. The van der Waals surface area contributed by atoms with E-state index in [2.05, 4.69) is 19.1 Å². The van der Waals surface area contributed by atoms with Gasteiger partial charge in [-0.2, -0.15) is 0 Å². The van der Waals surface area contributed by atoms with E-state index in [9.17, 15) is 9.90 Å². The van der Waals surface area contributed by atoms with Gasteiger partial charge >= 0.3 is 5.97 Å². The lowest BCUT2D eigenvalue weighted by atomic mass is 10.1. The van der Waals surface area contributed by atoms with Crippen LogP contribution in [0.5, 0.6) is 0 Å². The third kappa shape index (κ3) is 16.4. The molecule has 0 heterocycles. The van der Waals surface area contributed by atoms with Gasteiger partial charge < -0.3 is 10.0 Å². The number of carboxylic acid groups (broad SMARTS) is 1. The monoisotopic (exact) mass is 399 g/mol. The van der Waals surface area contributed by atoms with Gasteiger partial charge in [-0.25, -0.2) is 4.79 Å². The van der Waals surface area contributed by atoms with Gasteiger partial charge in [0.2, 0.25) is 0 Å². The molecule has 0 rings (SSSR count). The Morgan fingerprint density at radius 3 is 1.69 bits per heavy atom. The van der Waals surface area contributed by atoms with Gasteiger partial charge in [0, 0.05) is 13.1 Å². The van der Waals surface area contributed by atoms with Crippen LogP contribution in [0.4, 0.5) is 0 Å². The maximum absolute atomic E-state index is 11.3. The molecule has 29 heavy (non-hydrogen) atoms. The number of unbranched alkanes of at least 4 members (excludes halogenated alkanes) is 7. The van der Waals surface area contributed by atoms with E-state index in [1.807, 2.05) is 61.3 Å². The molecular formula is C26H41NO2. The lowest BCUT2D eigenvalue weighted by Crippen LogP contribution is -2.26. The van der Waals surface area contributed by atoms with Gasteiger partial charge in [0.05, 0.1) is 0 Å². The molecule has 0 spiro atoms. The second kappa shape index (κ2) is 20.4. The van der Waals surface area contributed by atoms with Crippen molar-refractivity contribution in [2.24, 2.45) is 0 Å². The summed E-state index contributed by atoms with van der Waals surface area (Å²) in [5.74, 6) is -0.896. The largest absolute Gasteiger partial charge is 0.477 e.